The number of aliphatic hydroxyl groups excluding tert-OH is 1. The highest BCUT2D eigenvalue weighted by atomic mass is 16.5. The van der Waals surface area contributed by atoms with Crippen molar-refractivity contribution in [1.29, 1.82) is 0 Å². The van der Waals surface area contributed by atoms with E-state index < -0.39 is 0 Å². The van der Waals surface area contributed by atoms with Gasteiger partial charge in [-0.2, -0.15) is 0 Å². The number of aliphatic hydroxyl groups is 1. The predicted octanol–water partition coefficient (Wildman–Crippen LogP) is 1.64. The van der Waals surface area contributed by atoms with Crippen LogP contribution in [0.4, 0.5) is 0 Å². The number of amides is 1. The predicted molar refractivity (Wildman–Crippen MR) is 81.1 cm³/mol. The minimum atomic E-state index is -0.188. The molecule has 112 valence electrons. The van der Waals surface area contributed by atoms with Crippen LogP contribution in [0.3, 0.4) is 0 Å². The molecule has 1 amide bonds. The summed E-state index contributed by atoms with van der Waals surface area (Å²) in [7, 11) is 1.69. The van der Waals surface area contributed by atoms with Crippen molar-refractivity contribution in [3.63, 3.8) is 0 Å². The Bertz CT molecular complexity index is 574. The molecule has 1 saturated carbocycles. The smallest absolute Gasteiger partial charge is 0.251 e. The summed E-state index contributed by atoms with van der Waals surface area (Å²) < 4.78 is 5.49. The molecule has 2 rings (SSSR count). The van der Waals surface area contributed by atoms with Crippen LogP contribution in [0.25, 0.3) is 0 Å². The van der Waals surface area contributed by atoms with Gasteiger partial charge in [-0.25, -0.2) is 0 Å². The van der Waals surface area contributed by atoms with Gasteiger partial charge in [0.2, 0.25) is 0 Å². The molecule has 1 aliphatic carbocycles. The van der Waals surface area contributed by atoms with E-state index in [1.807, 2.05) is 13.0 Å². The summed E-state index contributed by atoms with van der Waals surface area (Å²) >= 11 is 0. The summed E-state index contributed by atoms with van der Waals surface area (Å²) in [6, 6.07) is 5.41. The average molecular weight is 287 g/mol. The van der Waals surface area contributed by atoms with Gasteiger partial charge < -0.3 is 15.2 Å². The number of benzene rings is 1. The van der Waals surface area contributed by atoms with Crippen molar-refractivity contribution in [3.05, 3.63) is 34.9 Å². The summed E-state index contributed by atoms with van der Waals surface area (Å²) in [5.74, 6) is 5.35. The van der Waals surface area contributed by atoms with E-state index in [1.165, 1.54) is 0 Å². The molecule has 4 heteroatoms. The topological polar surface area (TPSA) is 58.6 Å². The molecular formula is C17H21NO3. The van der Waals surface area contributed by atoms with E-state index in [4.69, 9.17) is 9.84 Å². The molecule has 0 bridgehead atoms. The zero-order chi connectivity index (χ0) is 15.3. The third-order valence-electron chi connectivity index (χ3n) is 4.07. The van der Waals surface area contributed by atoms with Gasteiger partial charge in [0.25, 0.3) is 5.91 Å². The molecule has 0 heterocycles. The second kappa shape index (κ2) is 6.75. The number of rotatable bonds is 4. The highest BCUT2D eigenvalue weighted by molar-refractivity contribution is 5.94. The Hall–Kier alpha value is -1.83. The summed E-state index contributed by atoms with van der Waals surface area (Å²) in [6.45, 7) is 2.28. The third kappa shape index (κ3) is 3.63. The van der Waals surface area contributed by atoms with Crippen LogP contribution in [-0.4, -0.2) is 36.9 Å². The van der Waals surface area contributed by atoms with Gasteiger partial charge in [0.15, 0.2) is 0 Å². The lowest BCUT2D eigenvalue weighted by molar-refractivity contribution is -0.0679. The van der Waals surface area contributed by atoms with E-state index >= 15 is 0 Å². The van der Waals surface area contributed by atoms with E-state index in [0.29, 0.717) is 12.1 Å². The zero-order valence-electron chi connectivity index (χ0n) is 12.5. The van der Waals surface area contributed by atoms with Gasteiger partial charge in [-0.15, -0.1) is 0 Å². The van der Waals surface area contributed by atoms with Crippen LogP contribution in [0.5, 0.6) is 0 Å². The maximum absolute atomic E-state index is 12.2. The first kappa shape index (κ1) is 15.6. The van der Waals surface area contributed by atoms with Crippen LogP contribution in [0.15, 0.2) is 18.2 Å². The molecule has 1 aromatic carbocycles. The van der Waals surface area contributed by atoms with Crippen LogP contribution in [0.2, 0.25) is 0 Å². The number of nitrogens with one attached hydrogen (secondary N) is 1. The van der Waals surface area contributed by atoms with Crippen molar-refractivity contribution in [1.82, 2.24) is 5.32 Å². The van der Waals surface area contributed by atoms with Gasteiger partial charge in [0.1, 0.15) is 6.61 Å². The monoisotopic (exact) mass is 287 g/mol. The van der Waals surface area contributed by atoms with Crippen molar-refractivity contribution in [2.45, 2.75) is 31.8 Å². The molecule has 21 heavy (non-hydrogen) atoms. The minimum absolute atomic E-state index is 0.120. The van der Waals surface area contributed by atoms with Crippen LogP contribution >= 0.6 is 0 Å². The number of ether oxygens (including phenoxy) is 1. The van der Waals surface area contributed by atoms with E-state index in [9.17, 15) is 4.79 Å². The lowest BCUT2D eigenvalue weighted by atomic mass is 9.80. The summed E-state index contributed by atoms with van der Waals surface area (Å²) in [6.07, 6.45) is 3.13. The number of hydrogen-bond donors (Lipinski definition) is 2. The number of carbonyl (C=O) groups excluding carboxylic acids is 1. The normalized spacial score (nSPS) is 15.6. The number of aryl methyl sites for hydroxylation is 1. The van der Waals surface area contributed by atoms with Crippen molar-refractivity contribution >= 4 is 5.91 Å². The molecule has 1 aliphatic rings. The van der Waals surface area contributed by atoms with Crippen LogP contribution < -0.4 is 5.32 Å². The Kier molecular flexibility index (Phi) is 5.00. The molecule has 0 aromatic heterocycles. The van der Waals surface area contributed by atoms with Gasteiger partial charge in [-0.3, -0.25) is 4.79 Å². The molecule has 1 fully saturated rings. The number of hydrogen-bond acceptors (Lipinski definition) is 3. The first-order chi connectivity index (χ1) is 10.1. The molecule has 0 radical (unpaired) electrons. The van der Waals surface area contributed by atoms with Gasteiger partial charge in [0, 0.05) is 24.8 Å². The SMILES string of the molecule is COC1(CNC(=O)c2ccc(C)c(C#CCO)c2)CCC1. The Morgan fingerprint density at radius 1 is 1.48 bits per heavy atom. The average Bonchev–Trinajstić information content (AvgIpc) is 2.45. The zero-order valence-corrected chi connectivity index (χ0v) is 12.5. The molecule has 4 nitrogen and oxygen atoms in total. The Morgan fingerprint density at radius 3 is 2.81 bits per heavy atom. The molecule has 1 aromatic rings. The van der Waals surface area contributed by atoms with Crippen molar-refractivity contribution < 1.29 is 14.6 Å². The number of carbonyl (C=O) groups is 1. The fourth-order valence-corrected chi connectivity index (χ4v) is 2.40. The molecule has 0 unspecified atom stereocenters. The van der Waals surface area contributed by atoms with Crippen molar-refractivity contribution in [2.75, 3.05) is 20.3 Å². The Balaban J connectivity index is 2.05. The van der Waals surface area contributed by atoms with E-state index in [2.05, 4.69) is 17.2 Å². The molecule has 2 N–H and O–H groups in total. The third-order valence-corrected chi connectivity index (χ3v) is 4.07. The maximum Gasteiger partial charge on any atom is 0.251 e. The van der Waals surface area contributed by atoms with Gasteiger partial charge in [0.05, 0.1) is 5.60 Å². The van der Waals surface area contributed by atoms with Crippen molar-refractivity contribution in [2.24, 2.45) is 0 Å². The van der Waals surface area contributed by atoms with Crippen LogP contribution in [0, 0.1) is 18.8 Å². The fraction of sp³-hybridized carbons (Fsp3) is 0.471. The first-order valence-electron chi connectivity index (χ1n) is 7.14. The minimum Gasteiger partial charge on any atom is -0.384 e. The van der Waals surface area contributed by atoms with Gasteiger partial charge in [-0.05, 0) is 43.9 Å². The van der Waals surface area contributed by atoms with Crippen LogP contribution in [-0.2, 0) is 4.74 Å². The van der Waals surface area contributed by atoms with E-state index in [-0.39, 0.29) is 18.1 Å². The second-order valence-corrected chi connectivity index (χ2v) is 5.41. The second-order valence-electron chi connectivity index (χ2n) is 5.41. The van der Waals surface area contributed by atoms with E-state index in [1.54, 1.807) is 19.2 Å². The number of methoxy groups -OCH3 is 1. The summed E-state index contributed by atoms with van der Waals surface area (Å²) in [4.78, 5) is 12.2. The quantitative estimate of drug-likeness (QED) is 0.828. The molecule has 0 saturated heterocycles. The van der Waals surface area contributed by atoms with Gasteiger partial charge in [-0.1, -0.05) is 17.9 Å². The Morgan fingerprint density at radius 2 is 2.24 bits per heavy atom. The van der Waals surface area contributed by atoms with Gasteiger partial charge >= 0.3 is 0 Å². The standard InChI is InChI=1S/C17H21NO3/c1-13-6-7-15(11-14(13)5-3-10-19)16(20)18-12-17(21-2)8-4-9-17/h6-7,11,19H,4,8-10,12H2,1-2H3,(H,18,20). The molecule has 0 spiro atoms. The fourth-order valence-electron chi connectivity index (χ4n) is 2.40. The largest absolute Gasteiger partial charge is 0.384 e. The molecule has 0 aliphatic heterocycles. The van der Waals surface area contributed by atoms with E-state index in [0.717, 1.165) is 30.4 Å². The lowest BCUT2D eigenvalue weighted by Crippen LogP contribution is -2.49. The molecule has 0 atom stereocenters. The maximum atomic E-state index is 12.2. The highest BCUT2D eigenvalue weighted by Crippen LogP contribution is 2.34. The van der Waals surface area contributed by atoms with Crippen molar-refractivity contribution in [3.8, 4) is 11.8 Å². The molecular weight excluding hydrogens is 266 g/mol. The Labute approximate surface area is 125 Å². The van der Waals surface area contributed by atoms with Crippen LogP contribution in [0.1, 0.15) is 40.7 Å². The summed E-state index contributed by atoms with van der Waals surface area (Å²) in [5.41, 5.74) is 2.15. The highest BCUT2D eigenvalue weighted by Gasteiger charge is 2.37. The first-order valence-corrected chi connectivity index (χ1v) is 7.14. The lowest BCUT2D eigenvalue weighted by Gasteiger charge is -2.40. The summed E-state index contributed by atoms with van der Waals surface area (Å²) in [5, 5.41) is 11.7.